The maximum absolute atomic E-state index is 5.29. The van der Waals surface area contributed by atoms with Crippen LogP contribution in [0.2, 0.25) is 0 Å². The lowest BCUT2D eigenvalue weighted by atomic mass is 9.93. The Kier molecular flexibility index (Phi) is 11.3. The van der Waals surface area contributed by atoms with Gasteiger partial charge in [0.25, 0.3) is 0 Å². The van der Waals surface area contributed by atoms with Gasteiger partial charge in [0.15, 0.2) is 0 Å². The van der Waals surface area contributed by atoms with Gasteiger partial charge in [-0.3, -0.25) is 0 Å². The molecule has 0 fully saturated rings. The van der Waals surface area contributed by atoms with Crippen molar-refractivity contribution in [1.82, 2.24) is 0 Å². The molecule has 0 heterocycles. The van der Waals surface area contributed by atoms with Gasteiger partial charge in [-0.2, -0.15) is 0 Å². The van der Waals surface area contributed by atoms with Crippen molar-refractivity contribution in [3.05, 3.63) is 0 Å². The molecule has 1 atom stereocenters. The van der Waals surface area contributed by atoms with Crippen LogP contribution >= 0.6 is 0 Å². The van der Waals surface area contributed by atoms with Crippen LogP contribution in [0.15, 0.2) is 0 Å². The van der Waals surface area contributed by atoms with E-state index in [-0.39, 0.29) is 0 Å². The lowest BCUT2D eigenvalue weighted by Crippen LogP contribution is -1.98. The highest BCUT2D eigenvalue weighted by molar-refractivity contribution is 4.84. The molecule has 0 rings (SSSR count). The minimum Gasteiger partial charge on any atom is -0.120 e. The molecule has 0 aromatic heterocycles. The SMILES string of the molecule is C#CCCC(CC)CCCCCCCC. The van der Waals surface area contributed by atoms with Crippen molar-refractivity contribution in [2.24, 2.45) is 5.92 Å². The third-order valence-electron chi connectivity index (χ3n) is 3.24. The fraction of sp³-hybridized carbons (Fsp3) is 0.867. The molecule has 1 unspecified atom stereocenters. The molecular weight excluding hydrogens is 180 g/mol. The molecule has 0 aliphatic carbocycles. The van der Waals surface area contributed by atoms with Gasteiger partial charge in [0, 0.05) is 6.42 Å². The molecule has 0 aliphatic rings. The van der Waals surface area contributed by atoms with Gasteiger partial charge in [-0.15, -0.1) is 12.3 Å². The van der Waals surface area contributed by atoms with E-state index < -0.39 is 0 Å². The topological polar surface area (TPSA) is 0 Å². The highest BCUT2D eigenvalue weighted by atomic mass is 14.1. The zero-order valence-electron chi connectivity index (χ0n) is 10.7. The minimum atomic E-state index is 0.882. The van der Waals surface area contributed by atoms with Crippen LogP contribution in [0.4, 0.5) is 0 Å². The molecule has 0 N–H and O–H groups in total. The number of hydrogen-bond donors (Lipinski definition) is 0. The summed E-state index contributed by atoms with van der Waals surface area (Å²) in [7, 11) is 0. The summed E-state index contributed by atoms with van der Waals surface area (Å²) in [5.74, 6) is 3.63. The van der Waals surface area contributed by atoms with E-state index in [0.29, 0.717) is 0 Å². The largest absolute Gasteiger partial charge is 0.120 e. The van der Waals surface area contributed by atoms with Crippen LogP contribution in [0.5, 0.6) is 0 Å². The monoisotopic (exact) mass is 208 g/mol. The predicted molar refractivity (Wildman–Crippen MR) is 69.8 cm³/mol. The number of rotatable bonds is 10. The van der Waals surface area contributed by atoms with E-state index >= 15 is 0 Å². The summed E-state index contributed by atoms with van der Waals surface area (Å²) in [4.78, 5) is 0. The van der Waals surface area contributed by atoms with Crippen LogP contribution in [-0.4, -0.2) is 0 Å². The lowest BCUT2D eigenvalue weighted by molar-refractivity contribution is 0.417. The molecule has 0 aromatic carbocycles. The molecular formula is C15H28. The van der Waals surface area contributed by atoms with Crippen molar-refractivity contribution in [1.29, 1.82) is 0 Å². The van der Waals surface area contributed by atoms with E-state index in [1.165, 1.54) is 57.8 Å². The summed E-state index contributed by atoms with van der Waals surface area (Å²) in [6, 6.07) is 0. The zero-order chi connectivity index (χ0) is 11.4. The van der Waals surface area contributed by atoms with Crippen molar-refractivity contribution < 1.29 is 0 Å². The van der Waals surface area contributed by atoms with Gasteiger partial charge in [0.05, 0.1) is 0 Å². The van der Waals surface area contributed by atoms with E-state index in [2.05, 4.69) is 19.8 Å². The first-order valence-electron chi connectivity index (χ1n) is 6.78. The Bertz CT molecular complexity index is 152. The summed E-state index contributed by atoms with van der Waals surface area (Å²) in [5, 5.41) is 0. The molecule has 0 aliphatic heterocycles. The Morgan fingerprint density at radius 2 is 1.60 bits per heavy atom. The molecule has 0 aromatic rings. The Morgan fingerprint density at radius 3 is 2.20 bits per heavy atom. The third kappa shape index (κ3) is 9.85. The second-order valence-electron chi connectivity index (χ2n) is 4.57. The Labute approximate surface area is 96.8 Å². The molecule has 0 bridgehead atoms. The highest BCUT2D eigenvalue weighted by Gasteiger charge is 2.04. The maximum atomic E-state index is 5.29. The van der Waals surface area contributed by atoms with Crippen LogP contribution < -0.4 is 0 Å². The summed E-state index contributed by atoms with van der Waals surface area (Å²) >= 11 is 0. The maximum Gasteiger partial charge on any atom is 0.00886 e. The van der Waals surface area contributed by atoms with E-state index in [1.807, 2.05) is 0 Å². The van der Waals surface area contributed by atoms with E-state index in [9.17, 15) is 0 Å². The molecule has 0 saturated heterocycles. The number of hydrogen-bond acceptors (Lipinski definition) is 0. The van der Waals surface area contributed by atoms with E-state index in [1.54, 1.807) is 0 Å². The lowest BCUT2D eigenvalue weighted by Gasteiger charge is -2.12. The van der Waals surface area contributed by atoms with Gasteiger partial charge in [-0.1, -0.05) is 65.2 Å². The van der Waals surface area contributed by atoms with Crippen molar-refractivity contribution in [2.45, 2.75) is 78.1 Å². The molecule has 0 saturated carbocycles. The molecule has 0 amide bonds. The normalized spacial score (nSPS) is 12.3. The Balaban J connectivity index is 3.27. The molecule has 0 nitrogen and oxygen atoms in total. The van der Waals surface area contributed by atoms with Gasteiger partial charge < -0.3 is 0 Å². The van der Waals surface area contributed by atoms with Crippen molar-refractivity contribution >= 4 is 0 Å². The zero-order valence-corrected chi connectivity index (χ0v) is 10.7. The van der Waals surface area contributed by atoms with Gasteiger partial charge in [0.2, 0.25) is 0 Å². The average Bonchev–Trinajstić information content (AvgIpc) is 2.27. The first-order chi connectivity index (χ1) is 7.35. The number of unbranched alkanes of at least 4 members (excludes halogenated alkanes) is 5. The average molecular weight is 208 g/mol. The Morgan fingerprint density at radius 1 is 0.933 bits per heavy atom. The molecule has 0 spiro atoms. The van der Waals surface area contributed by atoms with Crippen LogP contribution in [0, 0.1) is 18.3 Å². The van der Waals surface area contributed by atoms with Crippen LogP contribution in [0.3, 0.4) is 0 Å². The quantitative estimate of drug-likeness (QED) is 0.343. The summed E-state index contributed by atoms with van der Waals surface area (Å²) in [5.41, 5.74) is 0. The van der Waals surface area contributed by atoms with E-state index in [0.717, 1.165) is 12.3 Å². The van der Waals surface area contributed by atoms with Gasteiger partial charge in [-0.25, -0.2) is 0 Å². The van der Waals surface area contributed by atoms with E-state index in [4.69, 9.17) is 6.42 Å². The first-order valence-corrected chi connectivity index (χ1v) is 6.78. The van der Waals surface area contributed by atoms with Gasteiger partial charge in [-0.05, 0) is 12.3 Å². The smallest absolute Gasteiger partial charge is 0.00886 e. The predicted octanol–water partition coefficient (Wildman–Crippen LogP) is 5.18. The number of terminal acetylenes is 1. The molecule has 0 heteroatoms. The first kappa shape index (κ1) is 14.6. The van der Waals surface area contributed by atoms with Crippen LogP contribution in [0.25, 0.3) is 0 Å². The minimum absolute atomic E-state index is 0.882. The Hall–Kier alpha value is -0.440. The van der Waals surface area contributed by atoms with Crippen molar-refractivity contribution in [3.8, 4) is 12.3 Å². The second-order valence-corrected chi connectivity index (χ2v) is 4.57. The molecule has 88 valence electrons. The highest BCUT2D eigenvalue weighted by Crippen LogP contribution is 2.19. The van der Waals surface area contributed by atoms with Crippen molar-refractivity contribution in [2.75, 3.05) is 0 Å². The standard InChI is InChI=1S/C15H28/c1-4-7-9-10-11-12-14-15(6-3)13-8-5-2/h2,15H,4,6-14H2,1,3H3. The second kappa shape index (κ2) is 11.6. The fourth-order valence-electron chi connectivity index (χ4n) is 2.05. The van der Waals surface area contributed by atoms with Crippen LogP contribution in [-0.2, 0) is 0 Å². The van der Waals surface area contributed by atoms with Gasteiger partial charge >= 0.3 is 0 Å². The fourth-order valence-corrected chi connectivity index (χ4v) is 2.05. The van der Waals surface area contributed by atoms with Crippen molar-refractivity contribution in [3.63, 3.8) is 0 Å². The summed E-state index contributed by atoms with van der Waals surface area (Å²) in [6.45, 7) is 4.56. The molecule has 15 heavy (non-hydrogen) atoms. The summed E-state index contributed by atoms with van der Waals surface area (Å²) < 4.78 is 0. The molecule has 0 radical (unpaired) electrons. The summed E-state index contributed by atoms with van der Waals surface area (Å²) in [6.07, 6.45) is 18.6. The third-order valence-corrected chi connectivity index (χ3v) is 3.24. The van der Waals surface area contributed by atoms with Gasteiger partial charge in [0.1, 0.15) is 0 Å². The van der Waals surface area contributed by atoms with Crippen LogP contribution in [0.1, 0.15) is 78.1 Å².